The van der Waals surface area contributed by atoms with Crippen molar-refractivity contribution in [3.63, 3.8) is 0 Å². The van der Waals surface area contributed by atoms with Crippen LogP contribution in [0, 0.1) is 6.92 Å². The molecule has 0 amide bonds. The summed E-state index contributed by atoms with van der Waals surface area (Å²) in [4.78, 5) is 3.97. The molecule has 5 nitrogen and oxygen atoms in total. The minimum absolute atomic E-state index is 0.0971. The maximum Gasteiger partial charge on any atom is 0.252 e. The molecule has 2 aromatic rings. The highest BCUT2D eigenvalue weighted by Gasteiger charge is 2.28. The third kappa shape index (κ3) is 2.44. The topological polar surface area (TPSA) is 85.1 Å². The Hall–Kier alpha value is -1.44. The van der Waals surface area contributed by atoms with Crippen molar-refractivity contribution in [3.05, 3.63) is 41.1 Å². The number of hydrogen-bond acceptors (Lipinski definition) is 5. The molecule has 7 heteroatoms. The van der Waals surface area contributed by atoms with Gasteiger partial charge in [-0.05, 0) is 30.9 Å². The molecule has 0 aliphatic heterocycles. The number of benzene rings is 1. The van der Waals surface area contributed by atoms with Crippen LogP contribution in [0.2, 0.25) is 0 Å². The average Bonchev–Trinajstić information content (AvgIpc) is 2.91. The van der Waals surface area contributed by atoms with Crippen molar-refractivity contribution in [2.45, 2.75) is 30.0 Å². The number of rotatable bonds is 3. The molecule has 0 saturated heterocycles. The minimum Gasteiger partial charge on any atom is -0.375 e. The summed E-state index contributed by atoms with van der Waals surface area (Å²) in [7, 11) is -3.55. The Labute approximate surface area is 121 Å². The number of hydrogen-bond donors (Lipinski definition) is 2. The number of nitrogens with zero attached hydrogens (tertiary/aromatic N) is 1. The Bertz CT molecular complexity index is 728. The predicted molar refractivity (Wildman–Crippen MR) is 79.2 cm³/mol. The van der Waals surface area contributed by atoms with E-state index in [0.29, 0.717) is 5.69 Å². The van der Waals surface area contributed by atoms with Crippen LogP contribution in [0.1, 0.15) is 16.8 Å². The second-order valence-corrected chi connectivity index (χ2v) is 7.86. The quantitative estimate of drug-likeness (QED) is 0.899. The van der Waals surface area contributed by atoms with Crippen molar-refractivity contribution in [3.8, 4) is 0 Å². The first-order valence-corrected chi connectivity index (χ1v) is 8.58. The maximum absolute atomic E-state index is 12.4. The maximum atomic E-state index is 12.4. The monoisotopic (exact) mass is 309 g/mol. The van der Waals surface area contributed by atoms with Crippen molar-refractivity contribution in [1.29, 1.82) is 0 Å². The molecule has 20 heavy (non-hydrogen) atoms. The summed E-state index contributed by atoms with van der Waals surface area (Å²) in [5.41, 5.74) is 8.44. The number of thiazole rings is 1. The Morgan fingerprint density at radius 1 is 1.30 bits per heavy atom. The molecule has 1 aromatic heterocycles. The highest BCUT2D eigenvalue weighted by Crippen LogP contribution is 2.27. The van der Waals surface area contributed by atoms with Crippen molar-refractivity contribution in [1.82, 2.24) is 9.71 Å². The molecule has 106 valence electrons. The van der Waals surface area contributed by atoms with Crippen LogP contribution in [0.5, 0.6) is 0 Å². The fraction of sp³-hybridized carbons (Fsp3) is 0.308. The lowest BCUT2D eigenvalue weighted by atomic mass is 10.1. The second-order valence-electron chi connectivity index (χ2n) is 4.92. The van der Waals surface area contributed by atoms with Crippen molar-refractivity contribution in [2.24, 2.45) is 0 Å². The van der Waals surface area contributed by atoms with Crippen LogP contribution >= 0.6 is 11.3 Å². The van der Waals surface area contributed by atoms with Gasteiger partial charge in [0.15, 0.2) is 9.34 Å². The van der Waals surface area contributed by atoms with Gasteiger partial charge in [-0.25, -0.2) is 18.1 Å². The zero-order valence-electron chi connectivity index (χ0n) is 11.0. The summed E-state index contributed by atoms with van der Waals surface area (Å²) in [5, 5.41) is 0.276. The molecule has 1 aliphatic rings. The Balaban J connectivity index is 1.81. The van der Waals surface area contributed by atoms with Crippen LogP contribution in [-0.4, -0.2) is 19.4 Å². The van der Waals surface area contributed by atoms with E-state index < -0.39 is 10.0 Å². The van der Waals surface area contributed by atoms with E-state index in [1.54, 1.807) is 6.92 Å². The molecule has 0 spiro atoms. The van der Waals surface area contributed by atoms with E-state index in [0.717, 1.165) is 24.2 Å². The van der Waals surface area contributed by atoms with Gasteiger partial charge in [-0.15, -0.1) is 0 Å². The van der Waals surface area contributed by atoms with Gasteiger partial charge in [-0.1, -0.05) is 35.6 Å². The lowest BCUT2D eigenvalue weighted by molar-refractivity contribution is 0.557. The first-order valence-electron chi connectivity index (χ1n) is 6.28. The zero-order valence-corrected chi connectivity index (χ0v) is 12.6. The van der Waals surface area contributed by atoms with Crippen molar-refractivity contribution >= 4 is 26.5 Å². The molecular weight excluding hydrogens is 294 g/mol. The van der Waals surface area contributed by atoms with Crippen LogP contribution in [-0.2, 0) is 22.9 Å². The first-order chi connectivity index (χ1) is 9.45. The number of anilines is 1. The third-order valence-corrected chi connectivity index (χ3v) is 6.50. The fourth-order valence-electron chi connectivity index (χ4n) is 2.57. The lowest BCUT2D eigenvalue weighted by Gasteiger charge is -2.11. The molecule has 0 bridgehead atoms. The van der Waals surface area contributed by atoms with Crippen LogP contribution in [0.25, 0.3) is 0 Å². The molecule has 3 rings (SSSR count). The number of nitrogen functional groups attached to an aromatic ring is 1. The van der Waals surface area contributed by atoms with Crippen LogP contribution in [0.3, 0.4) is 0 Å². The van der Waals surface area contributed by atoms with Gasteiger partial charge in [0.1, 0.15) is 0 Å². The first kappa shape index (κ1) is 13.5. The third-order valence-electron chi connectivity index (χ3n) is 3.39. The van der Waals surface area contributed by atoms with E-state index >= 15 is 0 Å². The van der Waals surface area contributed by atoms with Gasteiger partial charge in [-0.2, -0.15) is 0 Å². The highest BCUT2D eigenvalue weighted by atomic mass is 32.2. The van der Waals surface area contributed by atoms with E-state index in [1.165, 1.54) is 11.1 Å². The van der Waals surface area contributed by atoms with Crippen molar-refractivity contribution in [2.75, 3.05) is 5.73 Å². The standard InChI is InChI=1S/C13H15N3O2S2/c1-8-12(19-13(14)15-8)20(17,18)16-11-6-9-4-2-3-5-10(9)7-11/h2-5,11,16H,6-7H2,1H3,(H2,14,15). The summed E-state index contributed by atoms with van der Waals surface area (Å²) in [5.74, 6) is 0. The molecule has 0 fully saturated rings. The molecule has 3 N–H and O–H groups in total. The number of nitrogens with two attached hydrogens (primary N) is 1. The second kappa shape index (κ2) is 4.83. The molecule has 0 unspecified atom stereocenters. The summed E-state index contributed by atoms with van der Waals surface area (Å²) in [6.45, 7) is 1.66. The lowest BCUT2D eigenvalue weighted by Crippen LogP contribution is -2.35. The number of aromatic nitrogens is 1. The molecule has 1 heterocycles. The van der Waals surface area contributed by atoms with E-state index in [2.05, 4.69) is 9.71 Å². The van der Waals surface area contributed by atoms with Gasteiger partial charge >= 0.3 is 0 Å². The Morgan fingerprint density at radius 2 is 1.90 bits per heavy atom. The van der Waals surface area contributed by atoms with Crippen molar-refractivity contribution < 1.29 is 8.42 Å². The number of aryl methyl sites for hydroxylation is 1. The smallest absolute Gasteiger partial charge is 0.252 e. The van der Waals surface area contributed by atoms with E-state index in [9.17, 15) is 8.42 Å². The summed E-state index contributed by atoms with van der Waals surface area (Å²) in [6, 6.07) is 7.94. The number of nitrogens with one attached hydrogen (secondary N) is 1. The highest BCUT2D eigenvalue weighted by molar-refractivity contribution is 7.91. The van der Waals surface area contributed by atoms with Crippen LogP contribution in [0.4, 0.5) is 5.13 Å². The molecule has 0 radical (unpaired) electrons. The fourth-order valence-corrected chi connectivity index (χ4v) is 5.12. The average molecular weight is 309 g/mol. The number of fused-ring (bicyclic) bond motifs is 1. The Morgan fingerprint density at radius 3 is 2.40 bits per heavy atom. The van der Waals surface area contributed by atoms with Gasteiger partial charge in [0.2, 0.25) is 0 Å². The summed E-state index contributed by atoms with van der Waals surface area (Å²) in [6.07, 6.45) is 1.45. The molecule has 1 aliphatic carbocycles. The molecule has 1 aromatic carbocycles. The van der Waals surface area contributed by atoms with Gasteiger partial charge in [0.25, 0.3) is 10.0 Å². The SMILES string of the molecule is Cc1nc(N)sc1S(=O)(=O)NC1Cc2ccccc2C1. The minimum atomic E-state index is -3.55. The summed E-state index contributed by atoms with van der Waals surface area (Å²) < 4.78 is 27.7. The van der Waals surface area contributed by atoms with Crippen LogP contribution < -0.4 is 10.5 Å². The molecule has 0 atom stereocenters. The Kier molecular flexibility index (Phi) is 3.27. The van der Waals surface area contributed by atoms with Gasteiger partial charge in [0.05, 0.1) is 5.69 Å². The van der Waals surface area contributed by atoms with Crippen LogP contribution in [0.15, 0.2) is 28.5 Å². The normalized spacial score (nSPS) is 15.4. The van der Waals surface area contributed by atoms with Gasteiger partial charge < -0.3 is 5.73 Å². The van der Waals surface area contributed by atoms with Gasteiger partial charge in [-0.3, -0.25) is 0 Å². The zero-order chi connectivity index (χ0) is 14.3. The largest absolute Gasteiger partial charge is 0.375 e. The van der Waals surface area contributed by atoms with Gasteiger partial charge in [0, 0.05) is 6.04 Å². The predicted octanol–water partition coefficient (Wildman–Crippen LogP) is 1.48. The van der Waals surface area contributed by atoms with E-state index in [4.69, 9.17) is 5.73 Å². The van der Waals surface area contributed by atoms with E-state index in [1.807, 2.05) is 24.3 Å². The summed E-state index contributed by atoms with van der Waals surface area (Å²) >= 11 is 1.00. The van der Waals surface area contributed by atoms with E-state index in [-0.39, 0.29) is 15.4 Å². The number of sulfonamides is 1. The molecular formula is C13H15N3O2S2. The molecule has 0 saturated carbocycles.